The van der Waals surface area contributed by atoms with E-state index >= 15 is 0 Å². The summed E-state index contributed by atoms with van der Waals surface area (Å²) in [6.45, 7) is 3.39. The lowest BCUT2D eigenvalue weighted by Crippen LogP contribution is -2.31. The van der Waals surface area contributed by atoms with Gasteiger partial charge in [-0.05, 0) is 40.5 Å². The van der Waals surface area contributed by atoms with Gasteiger partial charge in [-0.15, -0.1) is 0 Å². The van der Waals surface area contributed by atoms with Gasteiger partial charge in [-0.3, -0.25) is 14.8 Å². The van der Waals surface area contributed by atoms with Gasteiger partial charge in [0.15, 0.2) is 5.82 Å². The van der Waals surface area contributed by atoms with Gasteiger partial charge in [0.25, 0.3) is 0 Å². The lowest BCUT2D eigenvalue weighted by Gasteiger charge is -2.26. The van der Waals surface area contributed by atoms with Crippen molar-refractivity contribution in [1.82, 2.24) is 20.1 Å². The molecule has 0 radical (unpaired) electrons. The quantitative estimate of drug-likeness (QED) is 0.365. The molecule has 1 aliphatic rings. The zero-order chi connectivity index (χ0) is 25.2. The molecule has 7 nitrogen and oxygen atoms in total. The number of rotatable bonds is 7. The van der Waals surface area contributed by atoms with Crippen molar-refractivity contribution in [3.63, 3.8) is 0 Å². The van der Waals surface area contributed by atoms with Crippen LogP contribution in [0.2, 0.25) is 0 Å². The second-order valence-corrected chi connectivity index (χ2v) is 9.66. The van der Waals surface area contributed by atoms with E-state index in [4.69, 9.17) is 14.5 Å². The molecule has 0 atom stereocenters. The molecule has 0 saturated carbocycles. The lowest BCUT2D eigenvalue weighted by atomic mass is 10.0. The van der Waals surface area contributed by atoms with Crippen molar-refractivity contribution in [2.45, 2.75) is 13.0 Å². The van der Waals surface area contributed by atoms with Crippen LogP contribution in [0.25, 0.3) is 22.5 Å². The highest BCUT2D eigenvalue weighted by molar-refractivity contribution is 7.99. The van der Waals surface area contributed by atoms with Gasteiger partial charge in [0.2, 0.25) is 6.41 Å². The molecule has 1 aromatic heterocycles. The summed E-state index contributed by atoms with van der Waals surface area (Å²) in [4.78, 5) is 15.8. The number of hydrogen-bond acceptors (Lipinski definition) is 6. The highest BCUT2D eigenvalue weighted by atomic mass is 32.2. The van der Waals surface area contributed by atoms with Crippen LogP contribution in [0.5, 0.6) is 5.75 Å². The van der Waals surface area contributed by atoms with Crippen molar-refractivity contribution >= 4 is 18.2 Å². The molecule has 0 spiro atoms. The molecule has 8 heteroatoms. The number of nitrogens with one attached hydrogen (secondary N) is 1. The first kappa shape index (κ1) is 25.5. The molecule has 1 amide bonds. The summed E-state index contributed by atoms with van der Waals surface area (Å²) in [5.74, 6) is 4.89. The van der Waals surface area contributed by atoms with Crippen LogP contribution < -0.4 is 10.5 Å². The first-order chi connectivity index (χ1) is 17.7. The monoisotopic (exact) mass is 501 g/mol. The average molecular weight is 502 g/mol. The van der Waals surface area contributed by atoms with Gasteiger partial charge >= 0.3 is 0 Å². The SMILES string of the molecule is COc1cccc(Cc2nc(-c3ccc(-c4cccc(CN5CCSCC5)c4)cc3)n[nH]2)c1.NC=O. The van der Waals surface area contributed by atoms with Gasteiger partial charge < -0.3 is 10.5 Å². The predicted octanol–water partition coefficient (Wildman–Crippen LogP) is 4.39. The molecule has 0 bridgehead atoms. The zero-order valence-electron chi connectivity index (χ0n) is 20.4. The summed E-state index contributed by atoms with van der Waals surface area (Å²) in [5, 5.41) is 7.51. The maximum Gasteiger partial charge on any atom is 0.204 e. The standard InChI is InChI=1S/C27H28N4OS.CH3NO/c1-32-25-7-3-4-20(17-25)18-26-28-27(30-29-26)23-10-8-22(9-11-23)24-6-2-5-21(16-24)19-31-12-14-33-15-13-31;2-1-3/h2-11,16-17H,12-15,18-19H2,1H3,(H,28,29,30);1H,(H2,2,3). The molecule has 3 N–H and O–H groups in total. The van der Waals surface area contributed by atoms with Crippen molar-refractivity contribution in [2.24, 2.45) is 5.73 Å². The number of nitrogens with two attached hydrogens (primary N) is 1. The second-order valence-electron chi connectivity index (χ2n) is 8.44. The number of aromatic nitrogens is 3. The lowest BCUT2D eigenvalue weighted by molar-refractivity contribution is -0.106. The van der Waals surface area contributed by atoms with E-state index in [-0.39, 0.29) is 6.41 Å². The number of ether oxygens (including phenoxy) is 1. The Balaban J connectivity index is 0.000000967. The summed E-state index contributed by atoms with van der Waals surface area (Å²) in [6.07, 6.45) is 0.935. The van der Waals surface area contributed by atoms with Crippen LogP contribution in [0.4, 0.5) is 0 Å². The van der Waals surface area contributed by atoms with Crippen LogP contribution in [-0.2, 0) is 17.8 Å². The van der Waals surface area contributed by atoms with Gasteiger partial charge in [0, 0.05) is 43.1 Å². The molecule has 1 fully saturated rings. The van der Waals surface area contributed by atoms with Gasteiger partial charge in [-0.2, -0.15) is 16.9 Å². The number of carbonyl (C=O) groups is 1. The van der Waals surface area contributed by atoms with Gasteiger partial charge in [0.1, 0.15) is 11.6 Å². The van der Waals surface area contributed by atoms with Gasteiger partial charge in [-0.25, -0.2) is 4.98 Å². The van der Waals surface area contributed by atoms with E-state index in [1.807, 2.05) is 18.2 Å². The van der Waals surface area contributed by atoms with Crippen LogP contribution in [0, 0.1) is 0 Å². The maximum atomic E-state index is 8.58. The third-order valence-electron chi connectivity index (χ3n) is 5.95. The third-order valence-corrected chi connectivity index (χ3v) is 6.89. The number of aromatic amines is 1. The van der Waals surface area contributed by atoms with Crippen LogP contribution in [0.15, 0.2) is 72.8 Å². The Labute approximate surface area is 216 Å². The maximum absolute atomic E-state index is 8.58. The van der Waals surface area contributed by atoms with Crippen molar-refractivity contribution in [1.29, 1.82) is 0 Å². The molecular formula is C28H31N5O2S. The molecule has 186 valence electrons. The fourth-order valence-corrected chi connectivity index (χ4v) is 5.14. The molecule has 0 aliphatic carbocycles. The van der Waals surface area contributed by atoms with E-state index in [2.05, 4.69) is 87.2 Å². The number of primary amides is 1. The highest BCUT2D eigenvalue weighted by Crippen LogP contribution is 2.25. The molecule has 5 rings (SSSR count). The number of nitrogens with zero attached hydrogens (tertiary/aromatic N) is 3. The Kier molecular flexibility index (Phi) is 9.13. The van der Waals surface area contributed by atoms with E-state index in [9.17, 15) is 0 Å². The van der Waals surface area contributed by atoms with Crippen LogP contribution in [0.3, 0.4) is 0 Å². The highest BCUT2D eigenvalue weighted by Gasteiger charge is 2.12. The van der Waals surface area contributed by atoms with Crippen molar-refractivity contribution in [3.05, 3.63) is 89.7 Å². The van der Waals surface area contributed by atoms with E-state index in [0.717, 1.165) is 35.1 Å². The van der Waals surface area contributed by atoms with Crippen LogP contribution in [-0.4, -0.2) is 58.2 Å². The average Bonchev–Trinajstić information content (AvgIpc) is 3.38. The minimum atomic E-state index is 0.250. The number of carbonyl (C=O) groups excluding carboxylic acids is 1. The number of amides is 1. The number of H-pyrrole nitrogens is 1. The molecule has 1 saturated heterocycles. The molecule has 3 aromatic carbocycles. The molecule has 1 aliphatic heterocycles. The van der Waals surface area contributed by atoms with Gasteiger partial charge in [0.05, 0.1) is 7.11 Å². The molecule has 2 heterocycles. The normalized spacial score (nSPS) is 13.5. The fraction of sp³-hybridized carbons (Fsp3) is 0.250. The first-order valence-electron chi connectivity index (χ1n) is 11.9. The topological polar surface area (TPSA) is 97.1 Å². The summed E-state index contributed by atoms with van der Waals surface area (Å²) in [7, 11) is 1.68. The number of thioether (sulfide) groups is 1. The predicted molar refractivity (Wildman–Crippen MR) is 146 cm³/mol. The Bertz CT molecular complexity index is 1250. The Morgan fingerprint density at radius 2 is 1.67 bits per heavy atom. The Morgan fingerprint density at radius 3 is 2.42 bits per heavy atom. The van der Waals surface area contributed by atoms with Crippen molar-refractivity contribution in [2.75, 3.05) is 31.7 Å². The fourth-order valence-electron chi connectivity index (χ4n) is 4.16. The molecule has 36 heavy (non-hydrogen) atoms. The van der Waals surface area contributed by atoms with Crippen molar-refractivity contribution in [3.8, 4) is 28.3 Å². The summed E-state index contributed by atoms with van der Waals surface area (Å²) < 4.78 is 5.31. The van der Waals surface area contributed by atoms with Gasteiger partial charge in [-0.1, -0.05) is 54.6 Å². The number of methoxy groups -OCH3 is 1. The number of hydrogen-bond donors (Lipinski definition) is 2. The molecule has 4 aromatic rings. The third kappa shape index (κ3) is 6.96. The Morgan fingerprint density at radius 1 is 0.972 bits per heavy atom. The Hall–Kier alpha value is -3.62. The smallest absolute Gasteiger partial charge is 0.204 e. The summed E-state index contributed by atoms with van der Waals surface area (Å²) >= 11 is 2.05. The first-order valence-corrected chi connectivity index (χ1v) is 13.0. The van der Waals surface area contributed by atoms with Crippen LogP contribution in [0.1, 0.15) is 17.0 Å². The van der Waals surface area contributed by atoms with E-state index in [1.54, 1.807) is 7.11 Å². The van der Waals surface area contributed by atoms with Crippen molar-refractivity contribution < 1.29 is 9.53 Å². The second kappa shape index (κ2) is 12.9. The minimum absolute atomic E-state index is 0.250. The molecule has 0 unspecified atom stereocenters. The zero-order valence-corrected chi connectivity index (χ0v) is 21.2. The van der Waals surface area contributed by atoms with E-state index < -0.39 is 0 Å². The summed E-state index contributed by atoms with van der Waals surface area (Å²) in [6, 6.07) is 25.4. The summed E-state index contributed by atoms with van der Waals surface area (Å²) in [5.41, 5.74) is 10.1. The van der Waals surface area contributed by atoms with E-state index in [1.165, 1.54) is 41.3 Å². The largest absolute Gasteiger partial charge is 0.497 e. The van der Waals surface area contributed by atoms with Crippen LogP contribution >= 0.6 is 11.8 Å². The minimum Gasteiger partial charge on any atom is -0.497 e. The molecular weight excluding hydrogens is 470 g/mol. The number of benzene rings is 3. The van der Waals surface area contributed by atoms with E-state index in [0.29, 0.717) is 6.42 Å².